The lowest BCUT2D eigenvalue weighted by atomic mass is 10.1. The number of carbonyl (C=O) groups is 1. The highest BCUT2D eigenvalue weighted by molar-refractivity contribution is 5.94. The summed E-state index contributed by atoms with van der Waals surface area (Å²) in [5.41, 5.74) is 0.606. The van der Waals surface area contributed by atoms with E-state index in [1.807, 2.05) is 0 Å². The summed E-state index contributed by atoms with van der Waals surface area (Å²) in [5, 5.41) is 11.4. The summed E-state index contributed by atoms with van der Waals surface area (Å²) in [5.74, 6) is 1.28. The Labute approximate surface area is 114 Å². The average molecular weight is 265 g/mol. The summed E-state index contributed by atoms with van der Waals surface area (Å²) in [7, 11) is 0. The van der Waals surface area contributed by atoms with Crippen LogP contribution in [-0.4, -0.2) is 30.8 Å². The van der Waals surface area contributed by atoms with E-state index in [9.17, 15) is 4.79 Å². The van der Waals surface area contributed by atoms with Crippen LogP contribution in [0.3, 0.4) is 0 Å². The predicted octanol–water partition coefficient (Wildman–Crippen LogP) is 2.22. The van der Waals surface area contributed by atoms with Crippen LogP contribution in [0.1, 0.15) is 37.0 Å². The van der Waals surface area contributed by atoms with Gasteiger partial charge in [0.05, 0.1) is 6.61 Å². The first-order valence-electron chi connectivity index (χ1n) is 6.75. The van der Waals surface area contributed by atoms with Gasteiger partial charge in [0, 0.05) is 18.7 Å². The lowest BCUT2D eigenvalue weighted by Gasteiger charge is -2.09. The number of nitrogens with one attached hydrogen (secondary N) is 1. The fraction of sp³-hybridized carbons (Fsp3) is 0.533. The minimum atomic E-state index is -0.123. The van der Waals surface area contributed by atoms with Crippen LogP contribution in [0.5, 0.6) is 5.75 Å². The lowest BCUT2D eigenvalue weighted by Crippen LogP contribution is -2.24. The average Bonchev–Trinajstić information content (AvgIpc) is 2.39. The third-order valence-electron chi connectivity index (χ3n) is 2.70. The molecule has 0 aliphatic heterocycles. The fourth-order valence-electron chi connectivity index (χ4n) is 1.50. The molecule has 0 atom stereocenters. The zero-order valence-electron chi connectivity index (χ0n) is 11.7. The second-order valence-electron chi connectivity index (χ2n) is 4.89. The summed E-state index contributed by atoms with van der Waals surface area (Å²) < 4.78 is 5.59. The molecule has 0 bridgehead atoms. The minimum absolute atomic E-state index is 0.0862. The summed E-state index contributed by atoms with van der Waals surface area (Å²) in [6.07, 6.45) is 1.59. The topological polar surface area (TPSA) is 58.6 Å². The van der Waals surface area contributed by atoms with E-state index in [2.05, 4.69) is 19.2 Å². The second kappa shape index (κ2) is 8.53. The number of aliphatic hydroxyl groups is 1. The molecule has 0 aliphatic rings. The van der Waals surface area contributed by atoms with Crippen LogP contribution in [0.15, 0.2) is 24.3 Å². The first-order valence-corrected chi connectivity index (χ1v) is 6.75. The van der Waals surface area contributed by atoms with E-state index in [-0.39, 0.29) is 12.5 Å². The Morgan fingerprint density at radius 2 is 2.00 bits per heavy atom. The van der Waals surface area contributed by atoms with E-state index in [1.54, 1.807) is 24.3 Å². The van der Waals surface area contributed by atoms with Gasteiger partial charge in [-0.2, -0.15) is 0 Å². The van der Waals surface area contributed by atoms with Crippen LogP contribution in [0.2, 0.25) is 0 Å². The normalized spacial score (nSPS) is 10.5. The maximum atomic E-state index is 11.7. The monoisotopic (exact) mass is 265 g/mol. The highest BCUT2D eigenvalue weighted by Gasteiger charge is 2.04. The molecule has 0 aliphatic carbocycles. The van der Waals surface area contributed by atoms with Crippen molar-refractivity contribution in [3.05, 3.63) is 29.8 Å². The Morgan fingerprint density at radius 3 is 2.58 bits per heavy atom. The molecule has 1 aromatic rings. The molecule has 0 spiro atoms. The van der Waals surface area contributed by atoms with Crippen molar-refractivity contribution in [3.8, 4) is 5.75 Å². The summed E-state index contributed by atoms with van der Waals surface area (Å²) in [6.45, 7) is 5.58. The number of hydrogen-bond donors (Lipinski definition) is 2. The van der Waals surface area contributed by atoms with Crippen molar-refractivity contribution in [2.24, 2.45) is 5.92 Å². The number of ether oxygens (including phenoxy) is 1. The van der Waals surface area contributed by atoms with Gasteiger partial charge in [0.25, 0.3) is 5.91 Å². The van der Waals surface area contributed by atoms with Crippen molar-refractivity contribution < 1.29 is 14.6 Å². The molecule has 1 rings (SSSR count). The van der Waals surface area contributed by atoms with Gasteiger partial charge in [0.15, 0.2) is 0 Å². The highest BCUT2D eigenvalue weighted by atomic mass is 16.5. The number of amides is 1. The van der Waals surface area contributed by atoms with Gasteiger partial charge in [-0.1, -0.05) is 13.8 Å². The second-order valence-corrected chi connectivity index (χ2v) is 4.89. The molecule has 0 heterocycles. The van der Waals surface area contributed by atoms with Gasteiger partial charge in [-0.15, -0.1) is 0 Å². The Balaban J connectivity index is 2.40. The maximum Gasteiger partial charge on any atom is 0.251 e. The first-order chi connectivity index (χ1) is 9.13. The standard InChI is InChI=1S/C15H23NO3/c1-12(2)8-11-19-14-6-4-13(5-7-14)15(18)16-9-3-10-17/h4-7,12,17H,3,8-11H2,1-2H3,(H,16,18). The number of carbonyl (C=O) groups excluding carboxylic acids is 1. The number of aliphatic hydroxyl groups excluding tert-OH is 1. The molecule has 106 valence electrons. The molecule has 0 saturated carbocycles. The van der Waals surface area contributed by atoms with Crippen LogP contribution < -0.4 is 10.1 Å². The minimum Gasteiger partial charge on any atom is -0.494 e. The molecule has 1 amide bonds. The van der Waals surface area contributed by atoms with Gasteiger partial charge >= 0.3 is 0 Å². The van der Waals surface area contributed by atoms with Crippen molar-refractivity contribution in [1.82, 2.24) is 5.32 Å². The smallest absolute Gasteiger partial charge is 0.251 e. The molecular weight excluding hydrogens is 242 g/mol. The van der Waals surface area contributed by atoms with Gasteiger partial charge in [0.2, 0.25) is 0 Å². The van der Waals surface area contributed by atoms with Gasteiger partial charge in [-0.3, -0.25) is 4.79 Å². The molecular formula is C15H23NO3. The molecule has 0 aromatic heterocycles. The molecule has 4 heteroatoms. The van der Waals surface area contributed by atoms with E-state index in [0.717, 1.165) is 12.2 Å². The predicted molar refractivity (Wildman–Crippen MR) is 75.4 cm³/mol. The summed E-state index contributed by atoms with van der Waals surface area (Å²) >= 11 is 0. The fourth-order valence-corrected chi connectivity index (χ4v) is 1.50. The molecule has 0 radical (unpaired) electrons. The molecule has 0 saturated heterocycles. The largest absolute Gasteiger partial charge is 0.494 e. The molecule has 4 nitrogen and oxygen atoms in total. The zero-order chi connectivity index (χ0) is 14.1. The van der Waals surface area contributed by atoms with Crippen LogP contribution in [0, 0.1) is 5.92 Å². The highest BCUT2D eigenvalue weighted by Crippen LogP contribution is 2.13. The van der Waals surface area contributed by atoms with Gasteiger partial charge in [-0.25, -0.2) is 0 Å². The first kappa shape index (κ1) is 15.5. The van der Waals surface area contributed by atoms with Crippen LogP contribution in [-0.2, 0) is 0 Å². The van der Waals surface area contributed by atoms with E-state index < -0.39 is 0 Å². The van der Waals surface area contributed by atoms with Gasteiger partial charge in [-0.05, 0) is 43.0 Å². The third kappa shape index (κ3) is 6.25. The van der Waals surface area contributed by atoms with Crippen molar-refractivity contribution in [1.29, 1.82) is 0 Å². The van der Waals surface area contributed by atoms with Crippen LogP contribution in [0.4, 0.5) is 0 Å². The number of hydrogen-bond acceptors (Lipinski definition) is 3. The molecule has 0 fully saturated rings. The third-order valence-corrected chi connectivity index (χ3v) is 2.70. The lowest BCUT2D eigenvalue weighted by molar-refractivity contribution is 0.0951. The summed E-state index contributed by atoms with van der Waals surface area (Å²) in [4.78, 5) is 11.7. The van der Waals surface area contributed by atoms with E-state index in [0.29, 0.717) is 31.1 Å². The van der Waals surface area contributed by atoms with Crippen LogP contribution >= 0.6 is 0 Å². The Morgan fingerprint density at radius 1 is 1.32 bits per heavy atom. The van der Waals surface area contributed by atoms with E-state index in [1.165, 1.54) is 0 Å². The zero-order valence-corrected chi connectivity index (χ0v) is 11.7. The Hall–Kier alpha value is -1.55. The quantitative estimate of drug-likeness (QED) is 0.709. The Bertz CT molecular complexity index is 373. The van der Waals surface area contributed by atoms with Crippen molar-refractivity contribution in [3.63, 3.8) is 0 Å². The SMILES string of the molecule is CC(C)CCOc1ccc(C(=O)NCCCO)cc1. The van der Waals surface area contributed by atoms with Crippen LogP contribution in [0.25, 0.3) is 0 Å². The molecule has 19 heavy (non-hydrogen) atoms. The molecule has 2 N–H and O–H groups in total. The molecule has 0 unspecified atom stereocenters. The number of benzene rings is 1. The summed E-state index contributed by atoms with van der Waals surface area (Å²) in [6, 6.07) is 7.11. The number of rotatable bonds is 8. The maximum absolute atomic E-state index is 11.7. The van der Waals surface area contributed by atoms with Crippen molar-refractivity contribution >= 4 is 5.91 Å². The van der Waals surface area contributed by atoms with E-state index >= 15 is 0 Å². The van der Waals surface area contributed by atoms with Crippen molar-refractivity contribution in [2.75, 3.05) is 19.8 Å². The van der Waals surface area contributed by atoms with Crippen molar-refractivity contribution in [2.45, 2.75) is 26.7 Å². The molecule has 1 aromatic carbocycles. The van der Waals surface area contributed by atoms with Gasteiger partial charge < -0.3 is 15.2 Å². The van der Waals surface area contributed by atoms with Gasteiger partial charge in [0.1, 0.15) is 5.75 Å². The Kier molecular flexibility index (Phi) is 6.97. The van der Waals surface area contributed by atoms with E-state index in [4.69, 9.17) is 9.84 Å².